The van der Waals surface area contributed by atoms with E-state index in [-0.39, 0.29) is 11.7 Å². The van der Waals surface area contributed by atoms with Gasteiger partial charge in [0.2, 0.25) is 0 Å². The van der Waals surface area contributed by atoms with Gasteiger partial charge in [0.15, 0.2) is 0 Å². The van der Waals surface area contributed by atoms with Crippen LogP contribution in [0.25, 0.3) is 0 Å². The lowest BCUT2D eigenvalue weighted by atomic mass is 10.2. The van der Waals surface area contributed by atoms with Gasteiger partial charge >= 0.3 is 0 Å². The van der Waals surface area contributed by atoms with Gasteiger partial charge in [0.05, 0.1) is 11.3 Å². The molecule has 1 atom stereocenters. The molecule has 0 saturated heterocycles. The Morgan fingerprint density at radius 2 is 2.15 bits per heavy atom. The van der Waals surface area contributed by atoms with E-state index in [0.717, 1.165) is 12.2 Å². The van der Waals surface area contributed by atoms with E-state index in [1.165, 1.54) is 12.1 Å². The highest BCUT2D eigenvalue weighted by molar-refractivity contribution is 5.63. The molecule has 0 radical (unpaired) electrons. The van der Waals surface area contributed by atoms with E-state index in [1.807, 2.05) is 23.8 Å². The van der Waals surface area contributed by atoms with Crippen molar-refractivity contribution in [1.29, 1.82) is 0 Å². The number of aromatic nitrogens is 2. The van der Waals surface area contributed by atoms with Gasteiger partial charge in [-0.2, -0.15) is 0 Å². The van der Waals surface area contributed by atoms with Gasteiger partial charge in [-0.15, -0.1) is 0 Å². The lowest BCUT2D eigenvalue weighted by Gasteiger charge is -2.16. The van der Waals surface area contributed by atoms with Crippen LogP contribution < -0.4 is 10.6 Å². The second kappa shape index (κ2) is 6.05. The molecule has 0 spiro atoms. The first-order valence-electron chi connectivity index (χ1n) is 6.28. The second-order valence-electron chi connectivity index (χ2n) is 4.58. The third kappa shape index (κ3) is 3.47. The van der Waals surface area contributed by atoms with Gasteiger partial charge in [0.1, 0.15) is 0 Å². The number of nitrogens with one attached hydrogen (secondary N) is 2. The van der Waals surface area contributed by atoms with Crippen LogP contribution in [0.2, 0.25) is 0 Å². The SMILES string of the molecule is CNc1cc(NC(C)Cn2ccnc2)cc([N+](=O)[O-])c1. The van der Waals surface area contributed by atoms with E-state index in [1.54, 1.807) is 19.6 Å². The maximum Gasteiger partial charge on any atom is 0.273 e. The van der Waals surface area contributed by atoms with Crippen LogP contribution in [0.15, 0.2) is 36.9 Å². The zero-order valence-electron chi connectivity index (χ0n) is 11.4. The summed E-state index contributed by atoms with van der Waals surface area (Å²) in [5, 5.41) is 17.1. The van der Waals surface area contributed by atoms with Crippen LogP contribution in [0.4, 0.5) is 17.1 Å². The first-order valence-corrected chi connectivity index (χ1v) is 6.28. The highest BCUT2D eigenvalue weighted by Crippen LogP contribution is 2.24. The molecule has 1 heterocycles. The molecule has 0 aliphatic heterocycles. The van der Waals surface area contributed by atoms with Crippen LogP contribution in [0, 0.1) is 10.1 Å². The van der Waals surface area contributed by atoms with Crippen molar-refractivity contribution in [2.75, 3.05) is 17.7 Å². The molecule has 0 aliphatic rings. The van der Waals surface area contributed by atoms with Gasteiger partial charge in [0.25, 0.3) is 5.69 Å². The summed E-state index contributed by atoms with van der Waals surface area (Å²) in [6.45, 7) is 2.75. The Bertz CT molecular complexity index is 582. The van der Waals surface area contributed by atoms with Crippen LogP contribution >= 0.6 is 0 Å². The topological polar surface area (TPSA) is 85.0 Å². The van der Waals surface area contributed by atoms with Crippen molar-refractivity contribution in [3.8, 4) is 0 Å². The molecule has 2 rings (SSSR count). The summed E-state index contributed by atoms with van der Waals surface area (Å²) in [5.41, 5.74) is 1.49. The number of nitrogens with zero attached hydrogens (tertiary/aromatic N) is 3. The molecule has 7 nitrogen and oxygen atoms in total. The molecule has 0 amide bonds. The Hall–Kier alpha value is -2.57. The fourth-order valence-electron chi connectivity index (χ4n) is 1.99. The average molecular weight is 275 g/mol. The van der Waals surface area contributed by atoms with E-state index in [2.05, 4.69) is 15.6 Å². The molecular formula is C13H17N5O2. The number of nitro benzene ring substituents is 1. The summed E-state index contributed by atoms with van der Waals surface area (Å²) in [6.07, 6.45) is 5.34. The van der Waals surface area contributed by atoms with Crippen LogP contribution in [-0.2, 0) is 6.54 Å². The third-order valence-electron chi connectivity index (χ3n) is 2.87. The average Bonchev–Trinajstić information content (AvgIpc) is 2.90. The first kappa shape index (κ1) is 13.9. The number of imidazole rings is 1. The molecule has 1 aromatic carbocycles. The molecule has 0 aliphatic carbocycles. The number of anilines is 2. The molecule has 2 aromatic rings. The van der Waals surface area contributed by atoms with Gasteiger partial charge < -0.3 is 15.2 Å². The van der Waals surface area contributed by atoms with Gasteiger partial charge in [-0.05, 0) is 13.0 Å². The van der Waals surface area contributed by atoms with Crippen molar-refractivity contribution in [3.05, 3.63) is 47.0 Å². The molecule has 0 fully saturated rings. The molecule has 20 heavy (non-hydrogen) atoms. The number of hydrogen-bond acceptors (Lipinski definition) is 5. The molecular weight excluding hydrogens is 258 g/mol. The van der Waals surface area contributed by atoms with Crippen LogP contribution in [0.1, 0.15) is 6.92 Å². The van der Waals surface area contributed by atoms with Crippen LogP contribution in [-0.4, -0.2) is 27.6 Å². The second-order valence-corrected chi connectivity index (χ2v) is 4.58. The van der Waals surface area contributed by atoms with E-state index in [0.29, 0.717) is 5.69 Å². The molecule has 1 unspecified atom stereocenters. The Morgan fingerprint density at radius 3 is 2.75 bits per heavy atom. The molecule has 7 heteroatoms. The summed E-state index contributed by atoms with van der Waals surface area (Å²) in [4.78, 5) is 14.5. The molecule has 1 aromatic heterocycles. The number of nitro groups is 1. The number of non-ortho nitro benzene ring substituents is 1. The predicted octanol–water partition coefficient (Wildman–Crippen LogP) is 2.33. The maximum absolute atomic E-state index is 10.9. The normalized spacial score (nSPS) is 11.9. The first-order chi connectivity index (χ1) is 9.58. The van der Waals surface area contributed by atoms with E-state index >= 15 is 0 Å². The van der Waals surface area contributed by atoms with E-state index < -0.39 is 4.92 Å². The molecule has 0 bridgehead atoms. The van der Waals surface area contributed by atoms with Gasteiger partial charge in [-0.3, -0.25) is 10.1 Å². The fraction of sp³-hybridized carbons (Fsp3) is 0.308. The van der Waals surface area contributed by atoms with Crippen molar-refractivity contribution in [1.82, 2.24) is 9.55 Å². The Kier molecular flexibility index (Phi) is 4.19. The summed E-state index contributed by atoms with van der Waals surface area (Å²) in [5.74, 6) is 0. The fourth-order valence-corrected chi connectivity index (χ4v) is 1.99. The molecule has 106 valence electrons. The van der Waals surface area contributed by atoms with Gasteiger partial charge in [0, 0.05) is 55.5 Å². The summed E-state index contributed by atoms with van der Waals surface area (Å²) < 4.78 is 1.95. The van der Waals surface area contributed by atoms with E-state index in [4.69, 9.17) is 0 Å². The summed E-state index contributed by atoms with van der Waals surface area (Å²) in [7, 11) is 1.73. The summed E-state index contributed by atoms with van der Waals surface area (Å²) >= 11 is 0. The van der Waals surface area contributed by atoms with Gasteiger partial charge in [-0.25, -0.2) is 4.98 Å². The monoisotopic (exact) mass is 275 g/mol. The zero-order valence-corrected chi connectivity index (χ0v) is 11.4. The van der Waals surface area contributed by atoms with Gasteiger partial charge in [-0.1, -0.05) is 0 Å². The Morgan fingerprint density at radius 1 is 1.40 bits per heavy atom. The van der Waals surface area contributed by atoms with Crippen molar-refractivity contribution in [2.24, 2.45) is 0 Å². The highest BCUT2D eigenvalue weighted by Gasteiger charge is 2.11. The third-order valence-corrected chi connectivity index (χ3v) is 2.87. The highest BCUT2D eigenvalue weighted by atomic mass is 16.6. The van der Waals surface area contributed by atoms with Crippen molar-refractivity contribution in [2.45, 2.75) is 19.5 Å². The molecule has 2 N–H and O–H groups in total. The maximum atomic E-state index is 10.9. The lowest BCUT2D eigenvalue weighted by molar-refractivity contribution is -0.384. The lowest BCUT2D eigenvalue weighted by Crippen LogP contribution is -2.21. The van der Waals surface area contributed by atoms with Crippen molar-refractivity contribution >= 4 is 17.1 Å². The number of hydrogen-bond donors (Lipinski definition) is 2. The number of rotatable bonds is 6. The quantitative estimate of drug-likeness (QED) is 0.624. The van der Waals surface area contributed by atoms with Crippen LogP contribution in [0.3, 0.4) is 0 Å². The minimum absolute atomic E-state index is 0.0641. The largest absolute Gasteiger partial charge is 0.388 e. The predicted molar refractivity (Wildman–Crippen MR) is 78.0 cm³/mol. The Balaban J connectivity index is 2.11. The Labute approximate surface area is 116 Å². The smallest absolute Gasteiger partial charge is 0.273 e. The van der Waals surface area contributed by atoms with E-state index in [9.17, 15) is 10.1 Å². The minimum atomic E-state index is -0.396. The molecule has 0 saturated carbocycles. The minimum Gasteiger partial charge on any atom is -0.388 e. The van der Waals surface area contributed by atoms with Crippen molar-refractivity contribution < 1.29 is 4.92 Å². The van der Waals surface area contributed by atoms with Crippen molar-refractivity contribution in [3.63, 3.8) is 0 Å². The number of benzene rings is 1. The standard InChI is InChI=1S/C13H17N5O2/c1-10(8-17-4-3-15-9-17)16-12-5-11(14-2)6-13(7-12)18(19)20/h3-7,9-10,14,16H,8H2,1-2H3. The zero-order chi connectivity index (χ0) is 14.5. The van der Waals surface area contributed by atoms with Crippen LogP contribution in [0.5, 0.6) is 0 Å². The summed E-state index contributed by atoms with van der Waals surface area (Å²) in [6, 6.07) is 5.00.